The summed E-state index contributed by atoms with van der Waals surface area (Å²) in [6.07, 6.45) is 2.22. The maximum atomic E-state index is 11.8. The second kappa shape index (κ2) is 8.99. The molecular weight excluding hydrogens is 360 g/mol. The summed E-state index contributed by atoms with van der Waals surface area (Å²) >= 11 is 3.25. The standard InChI is InChI=1S/C16H29BrN4O2/c1-18(2)16(23)13-20-9-7-19(8-10-20)12-14-3-5-21(6-4-14)15(22)11-17/h14H,3-13H2,1-2H3. The van der Waals surface area contributed by atoms with Crippen LogP contribution in [-0.2, 0) is 9.59 Å². The van der Waals surface area contributed by atoms with Crippen LogP contribution in [0.1, 0.15) is 12.8 Å². The van der Waals surface area contributed by atoms with Gasteiger partial charge in [0.1, 0.15) is 0 Å². The van der Waals surface area contributed by atoms with Gasteiger partial charge in [-0.15, -0.1) is 0 Å². The number of hydrogen-bond acceptors (Lipinski definition) is 4. The maximum absolute atomic E-state index is 11.8. The first-order chi connectivity index (χ1) is 11.0. The van der Waals surface area contributed by atoms with E-state index in [1.165, 1.54) is 0 Å². The van der Waals surface area contributed by atoms with Crippen LogP contribution >= 0.6 is 15.9 Å². The molecule has 2 rings (SSSR count). The molecule has 0 unspecified atom stereocenters. The molecule has 0 bridgehead atoms. The summed E-state index contributed by atoms with van der Waals surface area (Å²) in [7, 11) is 3.62. The topological polar surface area (TPSA) is 47.1 Å². The minimum absolute atomic E-state index is 0.183. The fraction of sp³-hybridized carbons (Fsp3) is 0.875. The Balaban J connectivity index is 1.65. The molecule has 0 aromatic heterocycles. The lowest BCUT2D eigenvalue weighted by Gasteiger charge is -2.38. The van der Waals surface area contributed by atoms with Crippen molar-refractivity contribution in [3.8, 4) is 0 Å². The lowest BCUT2D eigenvalue weighted by Crippen LogP contribution is -2.51. The fourth-order valence-electron chi connectivity index (χ4n) is 3.28. The summed E-state index contributed by atoms with van der Waals surface area (Å²) in [5.41, 5.74) is 0. The first-order valence-electron chi connectivity index (χ1n) is 8.48. The molecule has 0 aliphatic carbocycles. The number of piperidine rings is 1. The Morgan fingerprint density at radius 3 is 2.09 bits per heavy atom. The van der Waals surface area contributed by atoms with Crippen LogP contribution in [0.5, 0.6) is 0 Å². The van der Waals surface area contributed by atoms with E-state index in [9.17, 15) is 9.59 Å². The summed E-state index contributed by atoms with van der Waals surface area (Å²) in [4.78, 5) is 31.8. The number of amides is 2. The van der Waals surface area contributed by atoms with E-state index in [4.69, 9.17) is 0 Å². The Morgan fingerprint density at radius 2 is 1.57 bits per heavy atom. The summed E-state index contributed by atoms with van der Waals surface area (Å²) in [6, 6.07) is 0. The predicted molar refractivity (Wildman–Crippen MR) is 94.7 cm³/mol. The van der Waals surface area contributed by atoms with Crippen LogP contribution in [0, 0.1) is 5.92 Å². The molecule has 132 valence electrons. The van der Waals surface area contributed by atoms with E-state index in [1.54, 1.807) is 4.90 Å². The van der Waals surface area contributed by atoms with Crippen LogP contribution in [-0.4, -0.2) is 103 Å². The molecule has 0 N–H and O–H groups in total. The number of alkyl halides is 1. The van der Waals surface area contributed by atoms with Crippen molar-refractivity contribution in [1.82, 2.24) is 19.6 Å². The van der Waals surface area contributed by atoms with Crippen molar-refractivity contribution in [1.29, 1.82) is 0 Å². The van der Waals surface area contributed by atoms with Gasteiger partial charge in [-0.1, -0.05) is 15.9 Å². The van der Waals surface area contributed by atoms with Crippen LogP contribution in [0.15, 0.2) is 0 Å². The zero-order valence-electron chi connectivity index (χ0n) is 14.3. The lowest BCUT2D eigenvalue weighted by atomic mass is 9.96. The van der Waals surface area contributed by atoms with Gasteiger partial charge in [0.25, 0.3) is 0 Å². The van der Waals surface area contributed by atoms with E-state index < -0.39 is 0 Å². The number of piperazine rings is 1. The van der Waals surface area contributed by atoms with Crippen molar-refractivity contribution in [3.05, 3.63) is 0 Å². The molecule has 2 saturated heterocycles. The van der Waals surface area contributed by atoms with E-state index in [2.05, 4.69) is 25.7 Å². The predicted octanol–water partition coefficient (Wildman–Crippen LogP) is 0.326. The van der Waals surface area contributed by atoms with E-state index in [0.717, 1.165) is 58.7 Å². The summed E-state index contributed by atoms with van der Waals surface area (Å²) in [5, 5.41) is 0.436. The Morgan fingerprint density at radius 1 is 1.00 bits per heavy atom. The van der Waals surface area contributed by atoms with Gasteiger partial charge in [-0.3, -0.25) is 14.5 Å². The van der Waals surface area contributed by atoms with Crippen molar-refractivity contribution in [2.75, 3.05) is 71.8 Å². The first-order valence-corrected chi connectivity index (χ1v) is 9.60. The number of nitrogens with zero attached hydrogens (tertiary/aromatic N) is 4. The molecule has 0 radical (unpaired) electrons. The van der Waals surface area contributed by atoms with Crippen LogP contribution in [0.2, 0.25) is 0 Å². The molecule has 2 aliphatic rings. The van der Waals surface area contributed by atoms with Crippen LogP contribution in [0.3, 0.4) is 0 Å². The Hall–Kier alpha value is -0.660. The first kappa shape index (κ1) is 18.7. The molecule has 2 amide bonds. The van der Waals surface area contributed by atoms with Gasteiger partial charge >= 0.3 is 0 Å². The molecule has 0 aromatic carbocycles. The summed E-state index contributed by atoms with van der Waals surface area (Å²) < 4.78 is 0. The van der Waals surface area contributed by atoms with Crippen molar-refractivity contribution in [3.63, 3.8) is 0 Å². The number of carbonyl (C=O) groups is 2. The molecule has 0 aromatic rings. The number of likely N-dealkylation sites (N-methyl/N-ethyl adjacent to an activating group) is 1. The van der Waals surface area contributed by atoms with Crippen molar-refractivity contribution >= 4 is 27.7 Å². The number of likely N-dealkylation sites (tertiary alicyclic amines) is 1. The monoisotopic (exact) mass is 388 g/mol. The lowest BCUT2D eigenvalue weighted by molar-refractivity contribution is -0.131. The Labute approximate surface area is 147 Å². The molecule has 0 atom stereocenters. The average molecular weight is 389 g/mol. The molecule has 7 heteroatoms. The third-order valence-corrected chi connectivity index (χ3v) is 5.40. The Kier molecular flexibility index (Phi) is 7.30. The van der Waals surface area contributed by atoms with Gasteiger partial charge in [0.2, 0.25) is 11.8 Å². The molecule has 2 heterocycles. The van der Waals surface area contributed by atoms with Gasteiger partial charge in [0.15, 0.2) is 0 Å². The minimum Gasteiger partial charge on any atom is -0.348 e. The zero-order chi connectivity index (χ0) is 16.8. The highest BCUT2D eigenvalue weighted by atomic mass is 79.9. The number of rotatable bonds is 5. The van der Waals surface area contributed by atoms with Crippen LogP contribution in [0.25, 0.3) is 0 Å². The molecule has 2 aliphatic heterocycles. The van der Waals surface area contributed by atoms with Gasteiger partial charge < -0.3 is 14.7 Å². The smallest absolute Gasteiger partial charge is 0.236 e. The largest absolute Gasteiger partial charge is 0.348 e. The highest BCUT2D eigenvalue weighted by Crippen LogP contribution is 2.19. The van der Waals surface area contributed by atoms with Crippen molar-refractivity contribution in [2.45, 2.75) is 12.8 Å². The normalized spacial score (nSPS) is 21.4. The minimum atomic E-state index is 0.183. The quantitative estimate of drug-likeness (QED) is 0.636. The maximum Gasteiger partial charge on any atom is 0.236 e. The summed E-state index contributed by atoms with van der Waals surface area (Å²) in [5.74, 6) is 1.09. The molecule has 23 heavy (non-hydrogen) atoms. The van der Waals surface area contributed by atoms with Gasteiger partial charge in [-0.2, -0.15) is 0 Å². The van der Waals surface area contributed by atoms with Crippen LogP contribution in [0.4, 0.5) is 0 Å². The van der Waals surface area contributed by atoms with Gasteiger partial charge in [-0.05, 0) is 18.8 Å². The number of halogens is 1. The fourth-order valence-corrected chi connectivity index (χ4v) is 3.63. The summed E-state index contributed by atoms with van der Waals surface area (Å²) in [6.45, 7) is 7.49. The van der Waals surface area contributed by atoms with Crippen molar-refractivity contribution < 1.29 is 9.59 Å². The van der Waals surface area contributed by atoms with E-state index in [1.807, 2.05) is 19.0 Å². The second-order valence-electron chi connectivity index (χ2n) is 6.82. The molecule has 0 spiro atoms. The third-order valence-electron chi connectivity index (χ3n) is 4.92. The van der Waals surface area contributed by atoms with Gasteiger partial charge in [0.05, 0.1) is 11.9 Å². The van der Waals surface area contributed by atoms with Gasteiger partial charge in [0, 0.05) is 59.9 Å². The molecule has 0 saturated carbocycles. The Bertz CT molecular complexity index is 403. The van der Waals surface area contributed by atoms with Crippen LogP contribution < -0.4 is 0 Å². The average Bonchev–Trinajstić information content (AvgIpc) is 2.56. The molecular formula is C16H29BrN4O2. The third kappa shape index (κ3) is 5.72. The van der Waals surface area contributed by atoms with Gasteiger partial charge in [-0.25, -0.2) is 0 Å². The van der Waals surface area contributed by atoms with E-state index >= 15 is 0 Å². The highest BCUT2D eigenvalue weighted by molar-refractivity contribution is 9.09. The molecule has 6 nitrogen and oxygen atoms in total. The second-order valence-corrected chi connectivity index (χ2v) is 7.38. The van der Waals surface area contributed by atoms with Crippen molar-refractivity contribution in [2.24, 2.45) is 5.92 Å². The number of carbonyl (C=O) groups excluding carboxylic acids is 2. The van der Waals surface area contributed by atoms with E-state index in [0.29, 0.717) is 17.8 Å². The highest BCUT2D eigenvalue weighted by Gasteiger charge is 2.26. The zero-order valence-corrected chi connectivity index (χ0v) is 15.9. The molecule has 2 fully saturated rings. The number of hydrogen-bond donors (Lipinski definition) is 0. The van der Waals surface area contributed by atoms with E-state index in [-0.39, 0.29) is 11.8 Å². The SMILES string of the molecule is CN(C)C(=O)CN1CCN(CC2CCN(C(=O)CBr)CC2)CC1.